The fraction of sp³-hybridized carbons (Fsp3) is 0.0556. The standard InChI is InChI=1S/C18H15NOSe/c1-2-12-19-16-11-7-6-8-14(16)13-17(19)18(20)21-15-9-4-3-5-10-15/h2-11,13H,1,12H2. The molecule has 2 aromatic carbocycles. The number of hydrogen-bond donors (Lipinski definition) is 0. The number of aromatic nitrogens is 1. The van der Waals surface area contributed by atoms with Crippen molar-refractivity contribution in [3.8, 4) is 0 Å². The first kappa shape index (κ1) is 13.9. The molecule has 0 spiro atoms. The molecule has 21 heavy (non-hydrogen) atoms. The SMILES string of the molecule is C=CCn1c(C(=O)[Se]c2ccccc2)cc2ccccc21. The normalized spacial score (nSPS) is 10.7. The van der Waals surface area contributed by atoms with Crippen LogP contribution >= 0.6 is 0 Å². The minimum atomic E-state index is -0.200. The van der Waals surface area contributed by atoms with E-state index in [1.807, 2.05) is 66.7 Å². The molecular weight excluding hydrogens is 325 g/mol. The molecule has 0 fully saturated rings. The third-order valence-electron chi connectivity index (χ3n) is 3.29. The number of rotatable bonds is 5. The minimum absolute atomic E-state index is 0.200. The molecule has 0 saturated heterocycles. The zero-order valence-corrected chi connectivity index (χ0v) is 13.2. The van der Waals surface area contributed by atoms with Crippen LogP contribution in [0.15, 0.2) is 73.3 Å². The molecule has 0 bridgehead atoms. The van der Waals surface area contributed by atoms with Crippen LogP contribution in [0, 0.1) is 0 Å². The van der Waals surface area contributed by atoms with Gasteiger partial charge in [-0.15, -0.1) is 0 Å². The van der Waals surface area contributed by atoms with Crippen LogP contribution < -0.4 is 4.46 Å². The van der Waals surface area contributed by atoms with Crippen molar-refractivity contribution in [3.63, 3.8) is 0 Å². The van der Waals surface area contributed by atoms with Gasteiger partial charge in [0.2, 0.25) is 0 Å². The summed E-state index contributed by atoms with van der Waals surface area (Å²) in [4.78, 5) is 12.7. The molecule has 0 radical (unpaired) electrons. The van der Waals surface area contributed by atoms with E-state index < -0.39 is 0 Å². The third kappa shape index (κ3) is 2.85. The topological polar surface area (TPSA) is 22.0 Å². The van der Waals surface area contributed by atoms with Crippen LogP contribution in [0.3, 0.4) is 0 Å². The summed E-state index contributed by atoms with van der Waals surface area (Å²) >= 11 is -0.200. The van der Waals surface area contributed by atoms with E-state index in [2.05, 4.69) is 11.1 Å². The second-order valence-electron chi connectivity index (χ2n) is 4.69. The number of fused-ring (bicyclic) bond motifs is 1. The molecule has 104 valence electrons. The fourth-order valence-electron chi connectivity index (χ4n) is 2.35. The summed E-state index contributed by atoms with van der Waals surface area (Å²) in [5, 5.41) is 1.10. The predicted molar refractivity (Wildman–Crippen MR) is 88.3 cm³/mol. The van der Waals surface area contributed by atoms with E-state index in [0.717, 1.165) is 21.1 Å². The Kier molecular flexibility index (Phi) is 4.05. The van der Waals surface area contributed by atoms with E-state index in [1.165, 1.54) is 0 Å². The first-order valence-corrected chi connectivity index (χ1v) is 8.47. The summed E-state index contributed by atoms with van der Waals surface area (Å²) in [5.41, 5.74) is 1.87. The van der Waals surface area contributed by atoms with E-state index in [4.69, 9.17) is 0 Å². The summed E-state index contributed by atoms with van der Waals surface area (Å²) in [6.07, 6.45) is 1.83. The summed E-state index contributed by atoms with van der Waals surface area (Å²) in [6.45, 7) is 4.45. The Labute approximate surface area is 130 Å². The maximum absolute atomic E-state index is 12.7. The Hall–Kier alpha value is -2.09. The van der Waals surface area contributed by atoms with Crippen molar-refractivity contribution in [3.05, 3.63) is 79.0 Å². The molecule has 0 unspecified atom stereocenters. The Morgan fingerprint density at radius 2 is 1.81 bits per heavy atom. The van der Waals surface area contributed by atoms with Gasteiger partial charge >= 0.3 is 130 Å². The fourth-order valence-corrected chi connectivity index (χ4v) is 3.99. The van der Waals surface area contributed by atoms with Crippen LogP contribution in [0.1, 0.15) is 10.5 Å². The van der Waals surface area contributed by atoms with Gasteiger partial charge in [0.1, 0.15) is 0 Å². The Balaban J connectivity index is 2.00. The van der Waals surface area contributed by atoms with Crippen molar-refractivity contribution in [1.82, 2.24) is 4.57 Å². The molecular formula is C18H15NOSe. The molecule has 0 amide bonds. The van der Waals surface area contributed by atoms with Gasteiger partial charge in [0.25, 0.3) is 0 Å². The number of allylic oxidation sites excluding steroid dienone is 1. The van der Waals surface area contributed by atoms with Gasteiger partial charge in [-0.1, -0.05) is 0 Å². The number of hydrogen-bond acceptors (Lipinski definition) is 1. The van der Waals surface area contributed by atoms with E-state index in [9.17, 15) is 4.79 Å². The number of benzene rings is 2. The Bertz CT molecular complexity index is 789. The van der Waals surface area contributed by atoms with Gasteiger partial charge in [0.05, 0.1) is 0 Å². The summed E-state index contributed by atoms with van der Waals surface area (Å²) in [7, 11) is 0. The van der Waals surface area contributed by atoms with Crippen molar-refractivity contribution in [2.45, 2.75) is 6.54 Å². The zero-order valence-electron chi connectivity index (χ0n) is 11.5. The molecule has 0 aliphatic carbocycles. The zero-order chi connectivity index (χ0) is 14.7. The number of carbonyl (C=O) groups excluding carboxylic acids is 1. The van der Waals surface area contributed by atoms with E-state index in [-0.39, 0.29) is 19.6 Å². The molecule has 0 aliphatic rings. The second kappa shape index (κ2) is 6.13. The van der Waals surface area contributed by atoms with Crippen LogP contribution in [0.25, 0.3) is 10.9 Å². The van der Waals surface area contributed by atoms with Crippen molar-refractivity contribution < 1.29 is 4.79 Å². The van der Waals surface area contributed by atoms with E-state index in [0.29, 0.717) is 6.54 Å². The van der Waals surface area contributed by atoms with Crippen molar-refractivity contribution in [1.29, 1.82) is 0 Å². The van der Waals surface area contributed by atoms with Crippen molar-refractivity contribution in [2.24, 2.45) is 0 Å². The van der Waals surface area contributed by atoms with Crippen LogP contribution in [-0.2, 0) is 6.54 Å². The average Bonchev–Trinajstić information content (AvgIpc) is 2.88. The Morgan fingerprint density at radius 1 is 1.10 bits per heavy atom. The van der Waals surface area contributed by atoms with Gasteiger partial charge in [-0.05, 0) is 0 Å². The van der Waals surface area contributed by atoms with Gasteiger partial charge in [-0.25, -0.2) is 0 Å². The van der Waals surface area contributed by atoms with Crippen LogP contribution in [0.5, 0.6) is 0 Å². The third-order valence-corrected chi connectivity index (χ3v) is 5.18. The summed E-state index contributed by atoms with van der Waals surface area (Å²) < 4.78 is 3.35. The molecule has 2 nitrogen and oxygen atoms in total. The van der Waals surface area contributed by atoms with E-state index in [1.54, 1.807) is 0 Å². The molecule has 1 aromatic heterocycles. The average molecular weight is 340 g/mol. The first-order valence-electron chi connectivity index (χ1n) is 6.76. The van der Waals surface area contributed by atoms with Gasteiger partial charge < -0.3 is 0 Å². The quantitative estimate of drug-likeness (QED) is 0.517. The number of nitrogens with zero attached hydrogens (tertiary/aromatic N) is 1. The van der Waals surface area contributed by atoms with Gasteiger partial charge in [0.15, 0.2) is 0 Å². The second-order valence-corrected chi connectivity index (χ2v) is 6.89. The summed E-state index contributed by atoms with van der Waals surface area (Å²) in [5.74, 6) is 0. The molecule has 0 N–H and O–H groups in total. The monoisotopic (exact) mass is 341 g/mol. The molecule has 1 heterocycles. The first-order chi connectivity index (χ1) is 10.3. The molecule has 0 atom stereocenters. The predicted octanol–water partition coefficient (Wildman–Crippen LogP) is 3.00. The van der Waals surface area contributed by atoms with E-state index >= 15 is 0 Å². The molecule has 0 saturated carbocycles. The summed E-state index contributed by atoms with van der Waals surface area (Å²) in [6, 6.07) is 20.0. The molecule has 3 rings (SSSR count). The molecule has 0 aliphatic heterocycles. The van der Waals surface area contributed by atoms with Crippen molar-refractivity contribution >= 4 is 35.0 Å². The van der Waals surface area contributed by atoms with Crippen molar-refractivity contribution in [2.75, 3.05) is 0 Å². The van der Waals surface area contributed by atoms with Gasteiger partial charge in [-0.2, -0.15) is 0 Å². The number of para-hydroxylation sites is 1. The maximum atomic E-state index is 12.7. The Morgan fingerprint density at radius 3 is 2.57 bits per heavy atom. The van der Waals surface area contributed by atoms with Crippen LogP contribution in [-0.4, -0.2) is 24.2 Å². The van der Waals surface area contributed by atoms with Crippen LogP contribution in [0.2, 0.25) is 0 Å². The molecule has 3 aromatic rings. The van der Waals surface area contributed by atoms with Gasteiger partial charge in [-0.3, -0.25) is 0 Å². The molecule has 3 heteroatoms. The number of carbonyl (C=O) groups is 1. The van der Waals surface area contributed by atoms with Crippen LogP contribution in [0.4, 0.5) is 0 Å². The van der Waals surface area contributed by atoms with Gasteiger partial charge in [0, 0.05) is 0 Å².